The number of amides is 2. The zero-order valence-corrected chi connectivity index (χ0v) is 16.1. The highest BCUT2D eigenvalue weighted by Crippen LogP contribution is 2.24. The van der Waals surface area contributed by atoms with E-state index in [1.165, 1.54) is 11.2 Å². The van der Waals surface area contributed by atoms with Crippen LogP contribution >= 0.6 is 0 Å². The molecule has 7 nitrogen and oxygen atoms in total. The van der Waals surface area contributed by atoms with Crippen LogP contribution in [0.25, 0.3) is 0 Å². The third kappa shape index (κ3) is 6.42. The van der Waals surface area contributed by atoms with Gasteiger partial charge in [-0.2, -0.15) is 4.31 Å². The molecule has 1 fully saturated rings. The molecule has 0 radical (unpaired) electrons. The monoisotopic (exact) mass is 381 g/mol. The fraction of sp³-hybridized carbons (Fsp3) is 0.556. The molecule has 0 bridgehead atoms. The Balaban J connectivity index is 2.01. The highest BCUT2D eigenvalue weighted by atomic mass is 32.2. The molecule has 1 aromatic carbocycles. The summed E-state index contributed by atoms with van der Waals surface area (Å²) in [5, 5.41) is 5.37. The number of carbonyl (C=O) groups is 2. The minimum Gasteiger partial charge on any atom is -0.326 e. The summed E-state index contributed by atoms with van der Waals surface area (Å²) in [6.07, 6.45) is 6.96. The Morgan fingerprint density at radius 2 is 1.50 bits per heavy atom. The maximum absolute atomic E-state index is 12.4. The lowest BCUT2D eigenvalue weighted by Crippen LogP contribution is -2.44. The van der Waals surface area contributed by atoms with Crippen molar-refractivity contribution in [1.29, 1.82) is 0 Å². The van der Waals surface area contributed by atoms with Crippen LogP contribution in [0, 0.1) is 0 Å². The van der Waals surface area contributed by atoms with Gasteiger partial charge in [-0.05, 0) is 37.1 Å². The third-order valence-corrected chi connectivity index (χ3v) is 5.73. The quantitative estimate of drug-likeness (QED) is 0.740. The number of carbonyl (C=O) groups excluding carboxylic acids is 2. The fourth-order valence-electron chi connectivity index (χ4n) is 3.25. The van der Waals surface area contributed by atoms with Crippen molar-refractivity contribution in [2.75, 3.05) is 23.4 Å². The number of hydrogen-bond acceptors (Lipinski definition) is 4. The Morgan fingerprint density at radius 3 is 1.96 bits per heavy atom. The lowest BCUT2D eigenvalue weighted by Gasteiger charge is -2.28. The number of nitrogens with one attached hydrogen (secondary N) is 2. The Hall–Kier alpha value is -1.93. The zero-order chi connectivity index (χ0) is 19.2. The van der Waals surface area contributed by atoms with Crippen molar-refractivity contribution in [1.82, 2.24) is 4.31 Å². The van der Waals surface area contributed by atoms with Crippen LogP contribution in [0.4, 0.5) is 11.4 Å². The highest BCUT2D eigenvalue weighted by Gasteiger charge is 2.29. The summed E-state index contributed by atoms with van der Waals surface area (Å²) >= 11 is 0. The predicted molar refractivity (Wildman–Crippen MR) is 102 cm³/mol. The van der Waals surface area contributed by atoms with Crippen LogP contribution in [-0.4, -0.2) is 43.4 Å². The lowest BCUT2D eigenvalue weighted by atomic mass is 10.1. The average molecular weight is 381 g/mol. The summed E-state index contributed by atoms with van der Waals surface area (Å²) in [4.78, 5) is 23.4. The van der Waals surface area contributed by atoms with Crippen LogP contribution in [0.3, 0.4) is 0 Å². The van der Waals surface area contributed by atoms with Gasteiger partial charge in [0.2, 0.25) is 21.8 Å². The zero-order valence-electron chi connectivity index (χ0n) is 15.3. The molecule has 0 unspecified atom stereocenters. The predicted octanol–water partition coefficient (Wildman–Crippen LogP) is 2.57. The van der Waals surface area contributed by atoms with E-state index in [1.54, 1.807) is 24.3 Å². The molecule has 0 aromatic heterocycles. The van der Waals surface area contributed by atoms with Gasteiger partial charge in [0, 0.05) is 24.3 Å². The standard InChI is InChI=1S/C18H27N3O4S/c1-14(22)19-15-9-11-16(12-10-15)20-18(23)13-21(26(2,24)25)17-7-5-3-4-6-8-17/h9-12,17H,3-8,13H2,1-2H3,(H,19,22)(H,20,23). The summed E-state index contributed by atoms with van der Waals surface area (Å²) in [6, 6.07) is 6.58. The molecule has 2 rings (SSSR count). The normalized spacial score (nSPS) is 16.1. The number of rotatable bonds is 6. The molecule has 8 heteroatoms. The fourth-order valence-corrected chi connectivity index (χ4v) is 4.35. The molecule has 1 saturated carbocycles. The van der Waals surface area contributed by atoms with Crippen molar-refractivity contribution in [2.45, 2.75) is 51.5 Å². The first-order valence-electron chi connectivity index (χ1n) is 8.90. The molecule has 1 aliphatic rings. The number of sulfonamides is 1. The first-order chi connectivity index (χ1) is 12.3. The second kappa shape index (κ2) is 9.14. The van der Waals surface area contributed by atoms with Gasteiger partial charge in [-0.3, -0.25) is 9.59 Å². The molecule has 0 aliphatic heterocycles. The second-order valence-electron chi connectivity index (χ2n) is 6.76. The molecule has 0 heterocycles. The van der Waals surface area contributed by atoms with Gasteiger partial charge >= 0.3 is 0 Å². The van der Waals surface area contributed by atoms with Gasteiger partial charge in [0.15, 0.2) is 0 Å². The van der Waals surface area contributed by atoms with E-state index in [9.17, 15) is 18.0 Å². The molecule has 144 valence electrons. The minimum absolute atomic E-state index is 0.111. The van der Waals surface area contributed by atoms with Crippen molar-refractivity contribution in [3.8, 4) is 0 Å². The van der Waals surface area contributed by atoms with Crippen LogP contribution in [0.2, 0.25) is 0 Å². The molecule has 0 atom stereocenters. The first-order valence-corrected chi connectivity index (χ1v) is 10.7. The SMILES string of the molecule is CC(=O)Nc1ccc(NC(=O)CN(C2CCCCCC2)S(C)(=O)=O)cc1. The maximum Gasteiger partial charge on any atom is 0.239 e. The summed E-state index contributed by atoms with van der Waals surface area (Å²) < 4.78 is 25.7. The van der Waals surface area contributed by atoms with Crippen LogP contribution in [0.15, 0.2) is 24.3 Å². The number of hydrogen-bond donors (Lipinski definition) is 2. The maximum atomic E-state index is 12.4. The van der Waals surface area contributed by atoms with Crippen molar-refractivity contribution in [3.63, 3.8) is 0 Å². The molecule has 0 saturated heterocycles. The van der Waals surface area contributed by atoms with Gasteiger partial charge in [-0.1, -0.05) is 25.7 Å². The number of benzene rings is 1. The van der Waals surface area contributed by atoms with E-state index in [0.717, 1.165) is 44.8 Å². The van der Waals surface area contributed by atoms with E-state index in [0.29, 0.717) is 11.4 Å². The summed E-state index contributed by atoms with van der Waals surface area (Å²) in [5.74, 6) is -0.541. The Labute approximate surface area is 155 Å². The van der Waals surface area contributed by atoms with Crippen LogP contribution in [0.5, 0.6) is 0 Å². The molecule has 0 spiro atoms. The van der Waals surface area contributed by atoms with Crippen molar-refractivity contribution in [3.05, 3.63) is 24.3 Å². The molecule has 1 aliphatic carbocycles. The molecule has 2 N–H and O–H groups in total. The Morgan fingerprint density at radius 1 is 1.00 bits per heavy atom. The smallest absolute Gasteiger partial charge is 0.239 e. The van der Waals surface area contributed by atoms with Gasteiger partial charge in [0.1, 0.15) is 0 Å². The second-order valence-corrected chi connectivity index (χ2v) is 8.70. The van der Waals surface area contributed by atoms with E-state index >= 15 is 0 Å². The first kappa shape index (κ1) is 20.4. The molecule has 1 aromatic rings. The highest BCUT2D eigenvalue weighted by molar-refractivity contribution is 7.88. The van der Waals surface area contributed by atoms with E-state index in [2.05, 4.69) is 10.6 Å². The largest absolute Gasteiger partial charge is 0.326 e. The van der Waals surface area contributed by atoms with Crippen LogP contribution < -0.4 is 10.6 Å². The molecule has 2 amide bonds. The Bertz CT molecular complexity index is 723. The van der Waals surface area contributed by atoms with Crippen molar-refractivity contribution >= 4 is 33.2 Å². The summed E-state index contributed by atoms with van der Waals surface area (Å²) in [5.41, 5.74) is 1.19. The molecular formula is C18H27N3O4S. The van der Waals surface area contributed by atoms with Gasteiger partial charge in [0.05, 0.1) is 12.8 Å². The third-order valence-electron chi connectivity index (χ3n) is 4.45. The van der Waals surface area contributed by atoms with Gasteiger partial charge in [-0.25, -0.2) is 8.42 Å². The lowest BCUT2D eigenvalue weighted by molar-refractivity contribution is -0.117. The number of nitrogens with zero attached hydrogens (tertiary/aromatic N) is 1. The van der Waals surface area contributed by atoms with E-state index in [1.807, 2.05) is 0 Å². The van der Waals surface area contributed by atoms with Gasteiger partial charge in [0.25, 0.3) is 0 Å². The van der Waals surface area contributed by atoms with E-state index in [-0.39, 0.29) is 24.4 Å². The summed E-state index contributed by atoms with van der Waals surface area (Å²) in [7, 11) is -3.46. The van der Waals surface area contributed by atoms with E-state index in [4.69, 9.17) is 0 Å². The summed E-state index contributed by atoms with van der Waals surface area (Å²) in [6.45, 7) is 1.24. The topological polar surface area (TPSA) is 95.6 Å². The van der Waals surface area contributed by atoms with Crippen molar-refractivity contribution in [2.24, 2.45) is 0 Å². The molecular weight excluding hydrogens is 354 g/mol. The average Bonchev–Trinajstić information content (AvgIpc) is 2.82. The minimum atomic E-state index is -3.46. The molecule has 26 heavy (non-hydrogen) atoms. The van der Waals surface area contributed by atoms with Crippen LogP contribution in [0.1, 0.15) is 45.4 Å². The van der Waals surface area contributed by atoms with Crippen molar-refractivity contribution < 1.29 is 18.0 Å². The van der Waals surface area contributed by atoms with E-state index < -0.39 is 10.0 Å². The van der Waals surface area contributed by atoms with Gasteiger partial charge < -0.3 is 10.6 Å². The van der Waals surface area contributed by atoms with Crippen LogP contribution in [-0.2, 0) is 19.6 Å². The Kier molecular flexibility index (Phi) is 7.16. The van der Waals surface area contributed by atoms with Gasteiger partial charge in [-0.15, -0.1) is 0 Å². The number of anilines is 2.